The van der Waals surface area contributed by atoms with Gasteiger partial charge in [0.15, 0.2) is 5.60 Å². The molecule has 2 N–H and O–H groups in total. The van der Waals surface area contributed by atoms with Crippen LogP contribution in [0.4, 0.5) is 5.69 Å². The molecule has 2 aromatic heterocycles. The molecule has 0 amide bonds. The molecule has 0 saturated carbocycles. The number of hydrogen-bond acceptors (Lipinski definition) is 7. The maximum atomic E-state index is 13.5. The monoisotopic (exact) mass is 497 g/mol. The topological polar surface area (TPSA) is 93.5 Å². The van der Waals surface area contributed by atoms with Gasteiger partial charge in [0.1, 0.15) is 6.61 Å². The van der Waals surface area contributed by atoms with Crippen molar-refractivity contribution < 1.29 is 14.6 Å². The van der Waals surface area contributed by atoms with Crippen molar-refractivity contribution in [2.75, 3.05) is 11.1 Å². The number of aryl methyl sites for hydroxylation is 1. The van der Waals surface area contributed by atoms with Crippen molar-refractivity contribution in [3.8, 4) is 11.4 Å². The van der Waals surface area contributed by atoms with Gasteiger partial charge in [-0.25, -0.2) is 9.78 Å². The number of aliphatic hydroxyl groups is 1. The minimum Gasteiger partial charge on any atom is -0.458 e. The number of anilines is 1. The van der Waals surface area contributed by atoms with Crippen LogP contribution in [0.3, 0.4) is 0 Å². The average Bonchev–Trinajstić information content (AvgIpc) is 3.18. The first-order chi connectivity index (χ1) is 16.2. The van der Waals surface area contributed by atoms with Crippen LogP contribution >= 0.6 is 23.4 Å². The van der Waals surface area contributed by atoms with E-state index in [2.05, 4.69) is 19.2 Å². The second kappa shape index (κ2) is 7.47. The number of rotatable bonds is 3. The average molecular weight is 498 g/mol. The lowest BCUT2D eigenvalue weighted by Crippen LogP contribution is -2.44. The molecular formula is C25H24ClN3O4S. The first kappa shape index (κ1) is 21.9. The Morgan fingerprint density at radius 2 is 2.09 bits per heavy atom. The molecule has 176 valence electrons. The number of esters is 1. The number of hydrogen-bond donors (Lipinski definition) is 2. The van der Waals surface area contributed by atoms with Gasteiger partial charge in [-0.2, -0.15) is 0 Å². The molecule has 1 atom stereocenters. The molecule has 0 unspecified atom stereocenters. The van der Waals surface area contributed by atoms with Crippen molar-refractivity contribution in [1.82, 2.24) is 9.55 Å². The number of pyridine rings is 2. The second-order valence-electron chi connectivity index (χ2n) is 9.37. The van der Waals surface area contributed by atoms with Gasteiger partial charge in [0.25, 0.3) is 5.56 Å². The summed E-state index contributed by atoms with van der Waals surface area (Å²) in [6, 6.07) is 3.88. The Labute approximate surface area is 205 Å². The maximum absolute atomic E-state index is 13.5. The minimum absolute atomic E-state index is 0.118. The van der Waals surface area contributed by atoms with Gasteiger partial charge in [0.05, 0.1) is 39.7 Å². The first-order valence-corrected chi connectivity index (χ1v) is 12.9. The van der Waals surface area contributed by atoms with E-state index in [1.165, 1.54) is 5.56 Å². The van der Waals surface area contributed by atoms with E-state index in [1.54, 1.807) is 29.3 Å². The Bertz CT molecular complexity index is 1480. The fraction of sp³-hybridized carbons (Fsp3) is 0.400. The van der Waals surface area contributed by atoms with Gasteiger partial charge in [-0.05, 0) is 44.4 Å². The van der Waals surface area contributed by atoms with Crippen LogP contribution in [0.5, 0.6) is 0 Å². The number of thioether (sulfide) groups is 1. The highest BCUT2D eigenvalue weighted by molar-refractivity contribution is 7.99. The van der Waals surface area contributed by atoms with Crippen LogP contribution in [-0.4, -0.2) is 32.4 Å². The lowest BCUT2D eigenvalue weighted by molar-refractivity contribution is -0.172. The summed E-state index contributed by atoms with van der Waals surface area (Å²) in [4.78, 5) is 32.0. The quantitative estimate of drug-likeness (QED) is 0.410. The van der Waals surface area contributed by atoms with E-state index in [0.29, 0.717) is 28.4 Å². The molecule has 3 aromatic rings. The third kappa shape index (κ3) is 2.85. The van der Waals surface area contributed by atoms with Gasteiger partial charge in [-0.15, -0.1) is 11.8 Å². The standard InChI is InChI=1S/C25H24ClN3O4S/c1-4-25(32)15-7-18-20-13(9-29(18)23(30)14(15)10-33-24(25)31)12-5-6-34-22-19(12)17(28-20)8-16(26)21(22)27-11(2)3/h7-8,11,27,32H,4-6,9-10H2,1-3H3/t25-/m0/s1. The van der Waals surface area contributed by atoms with Crippen LogP contribution in [0.1, 0.15) is 49.4 Å². The molecule has 9 heteroatoms. The minimum atomic E-state index is -1.83. The summed E-state index contributed by atoms with van der Waals surface area (Å²) in [6.45, 7) is 6.15. The van der Waals surface area contributed by atoms with Crippen molar-refractivity contribution in [3.63, 3.8) is 0 Å². The zero-order valence-corrected chi connectivity index (χ0v) is 20.7. The number of aromatic nitrogens is 2. The molecule has 0 aliphatic carbocycles. The fourth-order valence-electron chi connectivity index (χ4n) is 5.37. The van der Waals surface area contributed by atoms with E-state index >= 15 is 0 Å². The SMILES string of the molecule is CC[C@@]1(O)C(=O)OCc2c1cc1n(c2=O)Cc2c-1nc1cc(Cl)c(NC(C)C)c3c1c2CCS3. The fourth-order valence-corrected chi connectivity index (χ4v) is 6.87. The number of fused-ring (bicyclic) bond motifs is 5. The predicted octanol–water partition coefficient (Wildman–Crippen LogP) is 4.20. The van der Waals surface area contributed by atoms with E-state index in [0.717, 1.165) is 44.9 Å². The van der Waals surface area contributed by atoms with Crippen LogP contribution < -0.4 is 10.9 Å². The van der Waals surface area contributed by atoms with Gasteiger partial charge >= 0.3 is 5.97 Å². The van der Waals surface area contributed by atoms with Crippen molar-refractivity contribution in [2.45, 2.75) is 63.3 Å². The third-order valence-electron chi connectivity index (χ3n) is 7.03. The van der Waals surface area contributed by atoms with E-state index in [-0.39, 0.29) is 24.6 Å². The molecule has 3 aliphatic rings. The summed E-state index contributed by atoms with van der Waals surface area (Å²) < 4.78 is 6.87. The number of nitrogens with zero attached hydrogens (tertiary/aromatic N) is 2. The van der Waals surface area contributed by atoms with Crippen LogP contribution in [0, 0.1) is 0 Å². The third-order valence-corrected chi connectivity index (χ3v) is 8.43. The summed E-state index contributed by atoms with van der Waals surface area (Å²) in [5, 5.41) is 16.3. The van der Waals surface area contributed by atoms with Crippen LogP contribution in [0.15, 0.2) is 21.8 Å². The zero-order valence-electron chi connectivity index (χ0n) is 19.1. The van der Waals surface area contributed by atoms with E-state index < -0.39 is 11.6 Å². The molecule has 7 nitrogen and oxygen atoms in total. The molecule has 34 heavy (non-hydrogen) atoms. The van der Waals surface area contributed by atoms with Gasteiger partial charge in [-0.1, -0.05) is 18.5 Å². The smallest absolute Gasteiger partial charge is 0.343 e. The molecule has 0 saturated heterocycles. The summed E-state index contributed by atoms with van der Waals surface area (Å²) in [6.07, 6.45) is 0.984. The summed E-state index contributed by atoms with van der Waals surface area (Å²) in [5.41, 5.74) is 3.88. The van der Waals surface area contributed by atoms with Crippen molar-refractivity contribution in [3.05, 3.63) is 49.8 Å². The van der Waals surface area contributed by atoms with Gasteiger partial charge in [0, 0.05) is 33.2 Å². The zero-order chi connectivity index (χ0) is 23.9. The summed E-state index contributed by atoms with van der Waals surface area (Å²) in [7, 11) is 0. The molecule has 0 fully saturated rings. The van der Waals surface area contributed by atoms with E-state index in [9.17, 15) is 14.7 Å². The van der Waals surface area contributed by atoms with Crippen LogP contribution in [0.2, 0.25) is 5.02 Å². The van der Waals surface area contributed by atoms with Gasteiger partial charge < -0.3 is 19.7 Å². The Balaban J connectivity index is 1.63. The maximum Gasteiger partial charge on any atom is 0.343 e. The first-order valence-electron chi connectivity index (χ1n) is 11.5. The number of halogens is 1. The Kier molecular flexibility index (Phi) is 4.82. The van der Waals surface area contributed by atoms with Crippen LogP contribution in [0.25, 0.3) is 22.3 Å². The normalized spacial score (nSPS) is 20.2. The Morgan fingerprint density at radius 1 is 1.29 bits per heavy atom. The van der Waals surface area contributed by atoms with Gasteiger partial charge in [-0.3, -0.25) is 4.79 Å². The molecule has 5 heterocycles. The Hall–Kier alpha value is -2.55. The molecule has 0 radical (unpaired) electrons. The number of carbonyl (C=O) groups is 1. The van der Waals surface area contributed by atoms with Crippen molar-refractivity contribution in [1.29, 1.82) is 0 Å². The largest absolute Gasteiger partial charge is 0.458 e. The van der Waals surface area contributed by atoms with Crippen LogP contribution in [-0.2, 0) is 34.7 Å². The van der Waals surface area contributed by atoms with Gasteiger partial charge in [0.2, 0.25) is 0 Å². The molecule has 0 bridgehead atoms. The highest BCUT2D eigenvalue weighted by Crippen LogP contribution is 2.48. The van der Waals surface area contributed by atoms with Crippen molar-refractivity contribution in [2.24, 2.45) is 0 Å². The highest BCUT2D eigenvalue weighted by atomic mass is 35.5. The molecule has 1 aromatic carbocycles. The number of benzene rings is 1. The molecular weight excluding hydrogens is 474 g/mol. The van der Waals surface area contributed by atoms with E-state index in [4.69, 9.17) is 21.3 Å². The van der Waals surface area contributed by atoms with E-state index in [1.807, 2.05) is 6.07 Å². The number of nitrogens with one attached hydrogen (secondary N) is 1. The molecule has 6 rings (SSSR count). The summed E-state index contributed by atoms with van der Waals surface area (Å²) in [5.74, 6) is 0.191. The molecule has 3 aliphatic heterocycles. The second-order valence-corrected chi connectivity index (χ2v) is 10.9. The summed E-state index contributed by atoms with van der Waals surface area (Å²) >= 11 is 8.47. The lowest BCUT2D eigenvalue weighted by Gasteiger charge is -2.31. The number of cyclic esters (lactones) is 1. The molecule has 0 spiro atoms. The predicted molar refractivity (Wildman–Crippen MR) is 133 cm³/mol. The van der Waals surface area contributed by atoms with Crippen molar-refractivity contribution >= 4 is 45.9 Å². The number of ether oxygens (including phenoxy) is 1. The Morgan fingerprint density at radius 3 is 2.82 bits per heavy atom. The highest BCUT2D eigenvalue weighted by Gasteiger charge is 2.45. The lowest BCUT2D eigenvalue weighted by atomic mass is 9.86. The number of carbonyl (C=O) groups excluding carboxylic acids is 1.